The Hall–Kier alpha value is -3.00. The first kappa shape index (κ1) is 29.5. The Morgan fingerprint density at radius 3 is 2.63 bits per heavy atom. The van der Waals surface area contributed by atoms with E-state index < -0.39 is 24.6 Å². The van der Waals surface area contributed by atoms with Crippen LogP contribution in [-0.4, -0.2) is 59.4 Å². The summed E-state index contributed by atoms with van der Waals surface area (Å²) in [4.78, 5) is 21.0. The fourth-order valence-corrected chi connectivity index (χ4v) is 7.95. The van der Waals surface area contributed by atoms with Crippen LogP contribution < -0.4 is 10.5 Å². The average molecular weight is 601 g/mol. The number of aryl methyl sites for hydroxylation is 1. The number of nitrogens with zero attached hydrogens (tertiary/aromatic N) is 4. The molecule has 1 saturated carbocycles. The van der Waals surface area contributed by atoms with Gasteiger partial charge in [-0.2, -0.15) is 12.7 Å². The van der Waals surface area contributed by atoms with Gasteiger partial charge in [-0.1, -0.05) is 45.0 Å². The van der Waals surface area contributed by atoms with Crippen molar-refractivity contribution in [1.29, 1.82) is 0 Å². The number of nitrogens with two attached hydrogens (primary N) is 1. The second-order valence-corrected chi connectivity index (χ2v) is 19.0. The van der Waals surface area contributed by atoms with Crippen LogP contribution in [0.4, 0.5) is 10.6 Å². The van der Waals surface area contributed by atoms with E-state index in [4.69, 9.17) is 9.56 Å². The maximum Gasteiger partial charge on any atom is 0.422 e. The molecule has 2 aliphatic carbocycles. The number of carboxylic acid groups (broad SMARTS) is 1. The molecule has 4 N–H and O–H groups in total. The molecule has 0 unspecified atom stereocenters. The summed E-state index contributed by atoms with van der Waals surface area (Å²) in [7, 11) is -6.69. The summed E-state index contributed by atoms with van der Waals surface area (Å²) < 4.78 is 33.4. The predicted molar refractivity (Wildman–Crippen MR) is 160 cm³/mol. The number of hydrogen-bond donors (Lipinski definition) is 3. The van der Waals surface area contributed by atoms with E-state index in [0.717, 1.165) is 29.7 Å². The smallest absolute Gasteiger partial charge is 0.422 e. The highest BCUT2D eigenvalue weighted by molar-refractivity contribution is 7.87. The van der Waals surface area contributed by atoms with E-state index in [9.17, 15) is 18.3 Å². The standard InChI is InChI=1S/C28H40N6O5SSi/c1-28(2,3)41(4,5)39-24-15-20(14-19(24)16-34(27(35)36)40(29,37)38)33-13-12-22-25(30-17-31-26(22)33)32-23-11-10-18-8-6-7-9-21(18)23/h6-9,12-13,17,19-20,23-24H,10-11,14-16H2,1-5H3,(H,35,36)(H2,29,37,38)(H,30,31,32)/t19-,20+,23-,24+/m0/s1. The minimum absolute atomic E-state index is 0.0710. The van der Waals surface area contributed by atoms with Crippen molar-refractivity contribution < 1.29 is 22.7 Å². The molecule has 11 nitrogen and oxygen atoms in total. The summed E-state index contributed by atoms with van der Waals surface area (Å²) in [6, 6.07) is 10.6. The molecule has 0 radical (unpaired) electrons. The van der Waals surface area contributed by atoms with Crippen LogP contribution in [0.15, 0.2) is 42.9 Å². The normalized spacial score (nSPS) is 23.1. The molecule has 0 bridgehead atoms. The third-order valence-corrected chi connectivity index (χ3v) is 14.5. The van der Waals surface area contributed by atoms with Crippen molar-refractivity contribution in [3.8, 4) is 0 Å². The van der Waals surface area contributed by atoms with Gasteiger partial charge in [-0.15, -0.1) is 0 Å². The molecule has 5 rings (SSSR count). The summed E-state index contributed by atoms with van der Waals surface area (Å²) in [5, 5.41) is 19.4. The number of benzene rings is 1. The summed E-state index contributed by atoms with van der Waals surface area (Å²) in [6.07, 6.45) is 4.75. The number of fused-ring (bicyclic) bond motifs is 2. The lowest BCUT2D eigenvalue weighted by molar-refractivity contribution is 0.120. The van der Waals surface area contributed by atoms with Crippen molar-refractivity contribution in [2.45, 2.75) is 82.8 Å². The molecule has 1 fully saturated rings. The van der Waals surface area contributed by atoms with E-state index in [1.165, 1.54) is 11.1 Å². The second-order valence-electron chi connectivity index (χ2n) is 12.8. The molecule has 2 heterocycles. The van der Waals surface area contributed by atoms with E-state index in [2.05, 4.69) is 78.0 Å². The lowest BCUT2D eigenvalue weighted by Gasteiger charge is -2.40. The Kier molecular flexibility index (Phi) is 7.68. The Balaban J connectivity index is 1.44. The Labute approximate surface area is 242 Å². The molecule has 0 saturated heterocycles. The van der Waals surface area contributed by atoms with Gasteiger partial charge in [-0.3, -0.25) is 0 Å². The zero-order valence-corrected chi connectivity index (χ0v) is 26.1. The summed E-state index contributed by atoms with van der Waals surface area (Å²) in [6.45, 7) is 10.4. The Morgan fingerprint density at radius 1 is 1.22 bits per heavy atom. The molecule has 0 aliphatic heterocycles. The summed E-state index contributed by atoms with van der Waals surface area (Å²) >= 11 is 0. The first-order valence-corrected chi connectivity index (χ1v) is 18.4. The van der Waals surface area contributed by atoms with Gasteiger partial charge in [-0.05, 0) is 61.0 Å². The van der Waals surface area contributed by atoms with Crippen LogP contribution in [0, 0.1) is 5.92 Å². The lowest BCUT2D eigenvalue weighted by Crippen LogP contribution is -2.48. The van der Waals surface area contributed by atoms with Crippen molar-refractivity contribution >= 4 is 41.5 Å². The van der Waals surface area contributed by atoms with Crippen LogP contribution in [0.2, 0.25) is 18.1 Å². The van der Waals surface area contributed by atoms with Gasteiger partial charge in [-0.25, -0.2) is 19.9 Å². The number of aromatic nitrogens is 3. The first-order valence-electron chi connectivity index (χ1n) is 14.0. The molecular weight excluding hydrogens is 560 g/mol. The fraction of sp³-hybridized carbons (Fsp3) is 0.536. The van der Waals surface area contributed by atoms with Crippen LogP contribution in [0.5, 0.6) is 0 Å². The van der Waals surface area contributed by atoms with Crippen molar-refractivity contribution in [2.75, 3.05) is 11.9 Å². The lowest BCUT2D eigenvalue weighted by atomic mass is 10.1. The van der Waals surface area contributed by atoms with E-state index >= 15 is 0 Å². The Bertz CT molecular complexity index is 1550. The highest BCUT2D eigenvalue weighted by Gasteiger charge is 2.46. The second kappa shape index (κ2) is 10.7. The van der Waals surface area contributed by atoms with Crippen molar-refractivity contribution in [1.82, 2.24) is 18.8 Å². The number of rotatable bonds is 8. The van der Waals surface area contributed by atoms with Gasteiger partial charge in [0.25, 0.3) is 0 Å². The van der Waals surface area contributed by atoms with E-state index in [0.29, 0.717) is 17.1 Å². The van der Waals surface area contributed by atoms with E-state index in [-0.39, 0.29) is 35.7 Å². The van der Waals surface area contributed by atoms with Gasteiger partial charge in [0, 0.05) is 24.7 Å². The minimum Gasteiger partial charge on any atom is -0.464 e. The number of hydrogen-bond acceptors (Lipinski definition) is 7. The third kappa shape index (κ3) is 5.85. The fourth-order valence-electron chi connectivity index (χ4n) is 5.93. The van der Waals surface area contributed by atoms with Crippen molar-refractivity contribution in [3.63, 3.8) is 0 Å². The van der Waals surface area contributed by atoms with Gasteiger partial charge in [0.2, 0.25) is 0 Å². The zero-order valence-electron chi connectivity index (χ0n) is 24.2. The molecule has 222 valence electrons. The van der Waals surface area contributed by atoms with Gasteiger partial charge in [0.05, 0.1) is 17.5 Å². The molecule has 1 aromatic carbocycles. The van der Waals surface area contributed by atoms with Crippen molar-refractivity contribution in [2.24, 2.45) is 11.1 Å². The van der Waals surface area contributed by atoms with Crippen molar-refractivity contribution in [3.05, 3.63) is 54.0 Å². The van der Waals surface area contributed by atoms with Gasteiger partial charge >= 0.3 is 16.3 Å². The van der Waals surface area contributed by atoms with Crippen LogP contribution >= 0.6 is 0 Å². The molecule has 13 heteroatoms. The maximum atomic E-state index is 12.1. The molecule has 0 spiro atoms. The molecule has 3 aromatic rings. The minimum atomic E-state index is -4.44. The molecule has 1 amide bonds. The Morgan fingerprint density at radius 2 is 1.95 bits per heavy atom. The quantitative estimate of drug-likeness (QED) is 0.304. The largest absolute Gasteiger partial charge is 0.464 e. The van der Waals surface area contributed by atoms with Crippen LogP contribution in [-0.2, 0) is 21.1 Å². The zero-order chi connectivity index (χ0) is 29.7. The number of nitrogens with one attached hydrogen (secondary N) is 1. The van der Waals surface area contributed by atoms with Crippen LogP contribution in [0.1, 0.15) is 63.2 Å². The van der Waals surface area contributed by atoms with Crippen LogP contribution in [0.3, 0.4) is 0 Å². The van der Waals surface area contributed by atoms with Gasteiger partial charge in [0.1, 0.15) is 17.8 Å². The highest BCUT2D eigenvalue weighted by atomic mass is 32.2. The van der Waals surface area contributed by atoms with E-state index in [1.54, 1.807) is 6.33 Å². The van der Waals surface area contributed by atoms with Crippen LogP contribution in [0.25, 0.3) is 11.0 Å². The number of carbonyl (C=O) groups is 1. The third-order valence-electron chi connectivity index (χ3n) is 9.12. The first-order chi connectivity index (χ1) is 19.2. The summed E-state index contributed by atoms with van der Waals surface area (Å²) in [5.74, 6) is 0.403. The maximum absolute atomic E-state index is 12.1. The molecule has 41 heavy (non-hydrogen) atoms. The SMILES string of the molecule is CC(C)(C)[Si](C)(C)O[C@@H]1C[C@H](n2ccc3c(N[C@H]4CCc5ccccc54)ncnc32)C[C@H]1CN(C(=O)O)S(N)(=O)=O. The number of anilines is 1. The monoisotopic (exact) mass is 600 g/mol. The average Bonchev–Trinajstić information content (AvgIpc) is 3.58. The van der Waals surface area contributed by atoms with E-state index in [1.807, 2.05) is 12.3 Å². The molecule has 2 aromatic heterocycles. The predicted octanol–water partition coefficient (Wildman–Crippen LogP) is 5.06. The van der Waals surface area contributed by atoms with Gasteiger partial charge in [0.15, 0.2) is 8.32 Å². The number of amides is 1. The highest BCUT2D eigenvalue weighted by Crippen LogP contribution is 2.45. The molecule has 2 aliphatic rings. The van der Waals surface area contributed by atoms with Gasteiger partial charge < -0.3 is 19.4 Å². The topological polar surface area (TPSA) is 153 Å². The molecular formula is C28H40N6O5SSi. The summed E-state index contributed by atoms with van der Waals surface area (Å²) in [5.41, 5.74) is 3.42. The molecule has 4 atom stereocenters.